The number of halogens is 2. The van der Waals surface area contributed by atoms with Crippen LogP contribution in [0, 0.1) is 0 Å². The molecule has 0 radical (unpaired) electrons. The SMILES string of the molecule is CCCOC(=O)C1=C(C)Nc2nnnn2C1c1cc(Br)c(OCc2ccc(Cl)cc2)c(OC)c1. The van der Waals surface area contributed by atoms with Crippen molar-refractivity contribution in [3.63, 3.8) is 0 Å². The molecule has 1 aliphatic heterocycles. The van der Waals surface area contributed by atoms with Gasteiger partial charge in [0.2, 0.25) is 5.95 Å². The van der Waals surface area contributed by atoms with Crippen LogP contribution in [-0.2, 0) is 16.1 Å². The van der Waals surface area contributed by atoms with Gasteiger partial charge in [0.15, 0.2) is 11.5 Å². The number of hydrogen-bond donors (Lipinski definition) is 1. The van der Waals surface area contributed by atoms with Crippen LogP contribution >= 0.6 is 27.5 Å². The lowest BCUT2D eigenvalue weighted by Gasteiger charge is -2.28. The van der Waals surface area contributed by atoms with Gasteiger partial charge in [-0.2, -0.15) is 4.68 Å². The number of esters is 1. The van der Waals surface area contributed by atoms with Gasteiger partial charge in [-0.25, -0.2) is 4.79 Å². The first-order valence-electron chi connectivity index (χ1n) is 10.6. The van der Waals surface area contributed by atoms with Gasteiger partial charge in [0.1, 0.15) is 12.6 Å². The second kappa shape index (κ2) is 10.4. The Bertz CT molecular complexity index is 1230. The van der Waals surface area contributed by atoms with Crippen molar-refractivity contribution < 1.29 is 19.0 Å². The number of nitrogens with one attached hydrogen (secondary N) is 1. The topological polar surface area (TPSA) is 100 Å². The average molecular weight is 549 g/mol. The van der Waals surface area contributed by atoms with E-state index in [9.17, 15) is 4.79 Å². The Morgan fingerprint density at radius 1 is 1.26 bits per heavy atom. The van der Waals surface area contributed by atoms with Crippen molar-refractivity contribution in [1.29, 1.82) is 0 Å². The zero-order valence-electron chi connectivity index (χ0n) is 18.8. The largest absolute Gasteiger partial charge is 0.493 e. The molecule has 0 amide bonds. The van der Waals surface area contributed by atoms with Gasteiger partial charge in [-0.05, 0) is 75.1 Å². The molecule has 1 aromatic heterocycles. The fourth-order valence-electron chi connectivity index (χ4n) is 3.63. The third-order valence-corrected chi connectivity index (χ3v) is 6.08. The number of carbonyl (C=O) groups is 1. The van der Waals surface area contributed by atoms with Gasteiger partial charge in [0.05, 0.1) is 23.8 Å². The number of anilines is 1. The molecule has 0 saturated carbocycles. The molecule has 4 rings (SSSR count). The third kappa shape index (κ3) is 4.88. The fraction of sp³-hybridized carbons (Fsp3) is 0.304. The maximum atomic E-state index is 13.0. The molecule has 11 heteroatoms. The lowest BCUT2D eigenvalue weighted by atomic mass is 9.95. The summed E-state index contributed by atoms with van der Waals surface area (Å²) >= 11 is 9.57. The van der Waals surface area contributed by atoms with E-state index in [1.807, 2.05) is 43.3 Å². The first-order chi connectivity index (χ1) is 16.4. The van der Waals surface area contributed by atoms with Crippen molar-refractivity contribution in [2.45, 2.75) is 32.9 Å². The minimum absolute atomic E-state index is 0.315. The minimum Gasteiger partial charge on any atom is -0.493 e. The van der Waals surface area contributed by atoms with Crippen LogP contribution in [0.2, 0.25) is 5.02 Å². The van der Waals surface area contributed by atoms with E-state index < -0.39 is 12.0 Å². The second-order valence-corrected chi connectivity index (χ2v) is 8.89. The van der Waals surface area contributed by atoms with Crippen molar-refractivity contribution >= 4 is 39.4 Å². The van der Waals surface area contributed by atoms with E-state index in [0.717, 1.165) is 11.1 Å². The molecule has 3 aromatic rings. The van der Waals surface area contributed by atoms with Gasteiger partial charge in [-0.3, -0.25) is 0 Å². The molecule has 0 fully saturated rings. The molecular weight excluding hydrogens is 526 g/mol. The van der Waals surface area contributed by atoms with Crippen LogP contribution in [0.1, 0.15) is 37.4 Å². The van der Waals surface area contributed by atoms with E-state index in [2.05, 4.69) is 36.8 Å². The summed E-state index contributed by atoms with van der Waals surface area (Å²) in [5, 5.41) is 15.6. The van der Waals surface area contributed by atoms with Crippen molar-refractivity contribution in [2.75, 3.05) is 19.0 Å². The molecular formula is C23H23BrClN5O4. The molecule has 1 N–H and O–H groups in total. The summed E-state index contributed by atoms with van der Waals surface area (Å²) < 4.78 is 19.3. The number of hydrogen-bond acceptors (Lipinski definition) is 8. The third-order valence-electron chi connectivity index (χ3n) is 5.24. The maximum absolute atomic E-state index is 13.0. The Labute approximate surface area is 210 Å². The van der Waals surface area contributed by atoms with Crippen LogP contribution in [0.15, 0.2) is 52.1 Å². The van der Waals surface area contributed by atoms with Gasteiger partial charge in [-0.15, -0.1) is 0 Å². The lowest BCUT2D eigenvalue weighted by molar-refractivity contribution is -0.139. The van der Waals surface area contributed by atoms with E-state index in [-0.39, 0.29) is 0 Å². The fourth-order valence-corrected chi connectivity index (χ4v) is 4.33. The van der Waals surface area contributed by atoms with E-state index in [4.69, 9.17) is 25.8 Å². The molecule has 34 heavy (non-hydrogen) atoms. The number of fused-ring (bicyclic) bond motifs is 1. The summed E-state index contributed by atoms with van der Waals surface area (Å²) in [6, 6.07) is 10.5. The summed E-state index contributed by atoms with van der Waals surface area (Å²) in [5.74, 6) is 1.01. The van der Waals surface area contributed by atoms with E-state index in [1.54, 1.807) is 18.7 Å². The summed E-state index contributed by atoms with van der Waals surface area (Å²) in [6.45, 7) is 4.37. The number of ether oxygens (including phenoxy) is 3. The quantitative estimate of drug-likeness (QED) is 0.396. The average Bonchev–Trinajstić information content (AvgIpc) is 3.29. The lowest BCUT2D eigenvalue weighted by Crippen LogP contribution is -2.30. The Morgan fingerprint density at radius 3 is 2.74 bits per heavy atom. The number of aromatic nitrogens is 4. The summed E-state index contributed by atoms with van der Waals surface area (Å²) in [7, 11) is 1.56. The van der Waals surface area contributed by atoms with Crippen LogP contribution in [0.25, 0.3) is 0 Å². The smallest absolute Gasteiger partial charge is 0.338 e. The number of tetrazole rings is 1. The second-order valence-electron chi connectivity index (χ2n) is 7.60. The van der Waals surface area contributed by atoms with Crippen LogP contribution in [0.4, 0.5) is 5.95 Å². The summed E-state index contributed by atoms with van der Waals surface area (Å²) in [6.07, 6.45) is 0.714. The van der Waals surface area contributed by atoms with E-state index >= 15 is 0 Å². The molecule has 9 nitrogen and oxygen atoms in total. The highest BCUT2D eigenvalue weighted by molar-refractivity contribution is 9.10. The molecule has 1 aliphatic rings. The number of benzene rings is 2. The Balaban J connectivity index is 1.71. The van der Waals surface area contributed by atoms with Gasteiger partial charge in [-0.1, -0.05) is 35.8 Å². The first-order valence-corrected chi connectivity index (χ1v) is 11.8. The predicted octanol–water partition coefficient (Wildman–Crippen LogP) is 4.92. The highest BCUT2D eigenvalue weighted by Crippen LogP contribution is 2.43. The Kier molecular flexibility index (Phi) is 7.38. The van der Waals surface area contributed by atoms with Crippen molar-refractivity contribution in [3.05, 3.63) is 68.3 Å². The molecule has 0 spiro atoms. The monoisotopic (exact) mass is 547 g/mol. The first kappa shape index (κ1) is 24.0. The molecule has 1 unspecified atom stereocenters. The molecule has 178 valence electrons. The van der Waals surface area contributed by atoms with E-state index in [0.29, 0.717) is 57.8 Å². The predicted molar refractivity (Wildman–Crippen MR) is 130 cm³/mol. The number of allylic oxidation sites excluding steroid dienone is 1. The van der Waals surface area contributed by atoms with Gasteiger partial charge < -0.3 is 19.5 Å². The molecule has 0 bridgehead atoms. The normalized spacial score (nSPS) is 14.9. The zero-order chi connectivity index (χ0) is 24.2. The van der Waals surface area contributed by atoms with Crippen LogP contribution in [0.5, 0.6) is 11.5 Å². The molecule has 2 aromatic carbocycles. The van der Waals surface area contributed by atoms with E-state index in [1.165, 1.54) is 0 Å². The minimum atomic E-state index is -0.619. The van der Waals surface area contributed by atoms with Crippen LogP contribution < -0.4 is 14.8 Å². The maximum Gasteiger partial charge on any atom is 0.338 e. The molecule has 2 heterocycles. The van der Waals surface area contributed by atoms with Gasteiger partial charge in [0.25, 0.3) is 0 Å². The molecule has 0 saturated heterocycles. The van der Waals surface area contributed by atoms with Crippen molar-refractivity contribution in [3.8, 4) is 11.5 Å². The highest BCUT2D eigenvalue weighted by Gasteiger charge is 2.36. The summed E-state index contributed by atoms with van der Waals surface area (Å²) in [5.41, 5.74) is 2.71. The van der Waals surface area contributed by atoms with Crippen molar-refractivity contribution in [2.24, 2.45) is 0 Å². The van der Waals surface area contributed by atoms with Gasteiger partial charge in [0, 0.05) is 10.7 Å². The standard InChI is InChI=1S/C23H23BrClN5O4/c1-4-9-33-22(31)19-13(2)26-23-27-28-29-30(23)20(19)15-10-17(24)21(18(11-15)32-3)34-12-14-5-7-16(25)8-6-14/h5-8,10-11,20H,4,9,12H2,1-3H3,(H,26,27,29). The Morgan fingerprint density at radius 2 is 2.03 bits per heavy atom. The number of methoxy groups -OCH3 is 1. The Hall–Kier alpha value is -3.11. The number of rotatable bonds is 8. The van der Waals surface area contributed by atoms with Crippen LogP contribution in [-0.4, -0.2) is 39.9 Å². The van der Waals surface area contributed by atoms with Crippen LogP contribution in [0.3, 0.4) is 0 Å². The highest BCUT2D eigenvalue weighted by atomic mass is 79.9. The van der Waals surface area contributed by atoms with Gasteiger partial charge >= 0.3 is 5.97 Å². The zero-order valence-corrected chi connectivity index (χ0v) is 21.2. The number of carbonyl (C=O) groups excluding carboxylic acids is 1. The number of nitrogens with zero attached hydrogens (tertiary/aromatic N) is 4. The van der Waals surface area contributed by atoms with Crippen molar-refractivity contribution in [1.82, 2.24) is 20.2 Å². The molecule has 0 aliphatic carbocycles. The summed E-state index contributed by atoms with van der Waals surface area (Å²) in [4.78, 5) is 13.0. The molecule has 1 atom stereocenters.